The number of allylic oxidation sites excluding steroid dienone is 1. The maximum absolute atomic E-state index is 5.81. The Balaban J connectivity index is 2.77. The van der Waals surface area contributed by atoms with Crippen LogP contribution in [-0.2, 0) is 4.74 Å². The molecule has 2 atom stereocenters. The molecule has 0 N–H and O–H groups in total. The summed E-state index contributed by atoms with van der Waals surface area (Å²) in [5, 5.41) is 0. The van der Waals surface area contributed by atoms with E-state index in [4.69, 9.17) is 4.74 Å². The lowest BCUT2D eigenvalue weighted by atomic mass is 9.88. The summed E-state index contributed by atoms with van der Waals surface area (Å²) >= 11 is 0. The summed E-state index contributed by atoms with van der Waals surface area (Å²) in [7, 11) is 1.92. The Hall–Kier alpha value is -0.830. The minimum absolute atomic E-state index is 0.501. The zero-order valence-electron chi connectivity index (χ0n) is 14.9. The Labute approximate surface area is 131 Å². The number of amidine groups is 1. The average Bonchev–Trinajstić information content (AvgIpc) is 2.86. The van der Waals surface area contributed by atoms with Crippen LogP contribution in [0.5, 0.6) is 0 Å². The number of ether oxygens (including phenoxy) is 1. The van der Waals surface area contributed by atoms with Crippen LogP contribution in [0.3, 0.4) is 0 Å². The molecule has 0 amide bonds. The van der Waals surface area contributed by atoms with Crippen LogP contribution >= 0.6 is 0 Å². The number of aliphatic imine (C=N–C) groups is 1. The van der Waals surface area contributed by atoms with E-state index in [2.05, 4.69) is 50.6 Å². The minimum atomic E-state index is 0.501. The molecule has 1 aliphatic heterocycles. The lowest BCUT2D eigenvalue weighted by Crippen LogP contribution is -2.41. The third-order valence-electron chi connectivity index (χ3n) is 4.63. The second kappa shape index (κ2) is 9.24. The maximum Gasteiger partial charge on any atom is 0.0989 e. The molecule has 1 saturated heterocycles. The Morgan fingerprint density at radius 1 is 1.48 bits per heavy atom. The molecule has 1 aliphatic rings. The molecule has 0 aromatic heterocycles. The molecule has 0 radical (unpaired) electrons. The summed E-state index contributed by atoms with van der Waals surface area (Å²) in [6.45, 7) is 14.0. The van der Waals surface area contributed by atoms with Crippen molar-refractivity contribution in [3.63, 3.8) is 0 Å². The molecule has 3 nitrogen and oxygen atoms in total. The van der Waals surface area contributed by atoms with Gasteiger partial charge in [0.2, 0.25) is 0 Å². The van der Waals surface area contributed by atoms with E-state index in [1.165, 1.54) is 17.8 Å². The van der Waals surface area contributed by atoms with Crippen LogP contribution in [0.2, 0.25) is 0 Å². The fourth-order valence-corrected chi connectivity index (χ4v) is 3.14. The van der Waals surface area contributed by atoms with E-state index in [9.17, 15) is 0 Å². The standard InChI is InChI=1S/C18H34N2O/c1-7-11-21-13-16-9-10-18(19-6)20(16)12-17(14(3)4)15(5)8-2/h8,14,16-17H,7,9-13H2,1-6H3/b15-8+,19-18?/t16-,17+/m0/s1. The van der Waals surface area contributed by atoms with Crippen molar-refractivity contribution in [3.8, 4) is 0 Å². The monoisotopic (exact) mass is 294 g/mol. The summed E-state index contributed by atoms with van der Waals surface area (Å²) in [4.78, 5) is 7.02. The maximum atomic E-state index is 5.81. The van der Waals surface area contributed by atoms with Crippen LogP contribution in [0.25, 0.3) is 0 Å². The number of rotatable bonds is 8. The molecule has 21 heavy (non-hydrogen) atoms. The van der Waals surface area contributed by atoms with Crippen molar-refractivity contribution in [2.45, 2.75) is 59.9 Å². The highest BCUT2D eigenvalue weighted by Crippen LogP contribution is 2.27. The molecule has 0 unspecified atom stereocenters. The summed E-state index contributed by atoms with van der Waals surface area (Å²) < 4.78 is 5.81. The van der Waals surface area contributed by atoms with Crippen molar-refractivity contribution in [1.29, 1.82) is 0 Å². The van der Waals surface area contributed by atoms with Gasteiger partial charge in [-0.05, 0) is 38.5 Å². The third-order valence-corrected chi connectivity index (χ3v) is 4.63. The van der Waals surface area contributed by atoms with Crippen molar-refractivity contribution in [2.75, 3.05) is 26.8 Å². The van der Waals surface area contributed by atoms with Crippen LogP contribution in [-0.4, -0.2) is 43.6 Å². The van der Waals surface area contributed by atoms with Crippen LogP contribution in [0.1, 0.15) is 53.9 Å². The van der Waals surface area contributed by atoms with Crippen molar-refractivity contribution < 1.29 is 4.74 Å². The molecule has 1 fully saturated rings. The lowest BCUT2D eigenvalue weighted by Gasteiger charge is -2.33. The first-order valence-electron chi connectivity index (χ1n) is 8.47. The second-order valence-corrected chi connectivity index (χ2v) is 6.44. The molecule has 0 aromatic rings. The van der Waals surface area contributed by atoms with Gasteiger partial charge in [0.25, 0.3) is 0 Å². The van der Waals surface area contributed by atoms with E-state index in [1.54, 1.807) is 0 Å². The molecule has 0 saturated carbocycles. The van der Waals surface area contributed by atoms with Gasteiger partial charge in [0.1, 0.15) is 0 Å². The fourth-order valence-electron chi connectivity index (χ4n) is 3.14. The second-order valence-electron chi connectivity index (χ2n) is 6.44. The van der Waals surface area contributed by atoms with Crippen molar-refractivity contribution in [3.05, 3.63) is 11.6 Å². The first kappa shape index (κ1) is 18.2. The minimum Gasteiger partial charge on any atom is -0.379 e. The van der Waals surface area contributed by atoms with E-state index in [-0.39, 0.29) is 0 Å². The van der Waals surface area contributed by atoms with Crippen molar-refractivity contribution >= 4 is 5.84 Å². The molecule has 1 heterocycles. The van der Waals surface area contributed by atoms with Gasteiger partial charge in [-0.2, -0.15) is 0 Å². The van der Waals surface area contributed by atoms with Crippen molar-refractivity contribution in [2.24, 2.45) is 16.8 Å². The Bertz CT molecular complexity index is 360. The summed E-state index contributed by atoms with van der Waals surface area (Å²) in [6, 6.07) is 0.501. The first-order chi connectivity index (χ1) is 10.0. The zero-order valence-corrected chi connectivity index (χ0v) is 14.9. The highest BCUT2D eigenvalue weighted by Gasteiger charge is 2.31. The number of hydrogen-bond acceptors (Lipinski definition) is 2. The van der Waals surface area contributed by atoms with Crippen LogP contribution in [0.15, 0.2) is 16.6 Å². The Kier molecular flexibility index (Phi) is 8.02. The average molecular weight is 294 g/mol. The smallest absolute Gasteiger partial charge is 0.0989 e. The number of nitrogens with zero attached hydrogens (tertiary/aromatic N) is 2. The van der Waals surface area contributed by atoms with Crippen LogP contribution < -0.4 is 0 Å². The predicted molar refractivity (Wildman–Crippen MR) is 92.0 cm³/mol. The van der Waals surface area contributed by atoms with Gasteiger partial charge < -0.3 is 9.64 Å². The van der Waals surface area contributed by atoms with Gasteiger partial charge in [-0.15, -0.1) is 0 Å². The van der Waals surface area contributed by atoms with E-state index in [1.807, 2.05) is 7.05 Å². The molecule has 0 bridgehead atoms. The van der Waals surface area contributed by atoms with Gasteiger partial charge in [0.15, 0.2) is 0 Å². The van der Waals surface area contributed by atoms with Gasteiger partial charge >= 0.3 is 0 Å². The Morgan fingerprint density at radius 3 is 2.71 bits per heavy atom. The molecule has 0 aliphatic carbocycles. The molecule has 0 spiro atoms. The summed E-state index contributed by atoms with van der Waals surface area (Å²) in [5.74, 6) is 2.50. The molecule has 3 heteroatoms. The fraction of sp³-hybridized carbons (Fsp3) is 0.833. The molecular formula is C18H34N2O. The largest absolute Gasteiger partial charge is 0.379 e. The molecule has 122 valence electrons. The van der Waals surface area contributed by atoms with Gasteiger partial charge in [0.05, 0.1) is 18.5 Å². The normalized spacial score (nSPS) is 23.4. The topological polar surface area (TPSA) is 24.8 Å². The molecule has 0 aromatic carbocycles. The lowest BCUT2D eigenvalue weighted by molar-refractivity contribution is 0.0855. The highest BCUT2D eigenvalue weighted by atomic mass is 16.5. The van der Waals surface area contributed by atoms with E-state index in [0.717, 1.165) is 32.6 Å². The number of hydrogen-bond donors (Lipinski definition) is 0. The zero-order chi connectivity index (χ0) is 15.8. The quantitative estimate of drug-likeness (QED) is 0.496. The van der Waals surface area contributed by atoms with Gasteiger partial charge in [-0.3, -0.25) is 4.99 Å². The van der Waals surface area contributed by atoms with Crippen molar-refractivity contribution in [1.82, 2.24) is 4.90 Å². The Morgan fingerprint density at radius 2 is 2.19 bits per heavy atom. The summed E-state index contributed by atoms with van der Waals surface area (Å²) in [5.41, 5.74) is 1.49. The summed E-state index contributed by atoms with van der Waals surface area (Å²) in [6.07, 6.45) is 5.62. The van der Waals surface area contributed by atoms with Crippen LogP contribution in [0, 0.1) is 11.8 Å². The van der Waals surface area contributed by atoms with E-state index < -0.39 is 0 Å². The van der Waals surface area contributed by atoms with E-state index >= 15 is 0 Å². The van der Waals surface area contributed by atoms with Gasteiger partial charge in [-0.1, -0.05) is 32.4 Å². The van der Waals surface area contributed by atoms with E-state index in [0.29, 0.717) is 17.9 Å². The van der Waals surface area contributed by atoms with Gasteiger partial charge in [0, 0.05) is 26.6 Å². The first-order valence-corrected chi connectivity index (χ1v) is 8.47. The SMILES string of the molecule is C/C=C(\C)[C@H](CN1C(=NC)CC[C@H]1COCCC)C(C)C. The predicted octanol–water partition coefficient (Wildman–Crippen LogP) is 4.14. The molecular weight excluding hydrogens is 260 g/mol. The van der Waals surface area contributed by atoms with Gasteiger partial charge in [-0.25, -0.2) is 0 Å². The number of likely N-dealkylation sites (tertiary alicyclic amines) is 1. The highest BCUT2D eigenvalue weighted by molar-refractivity contribution is 5.84. The molecule has 1 rings (SSSR count). The van der Waals surface area contributed by atoms with Crippen LogP contribution in [0.4, 0.5) is 0 Å². The third kappa shape index (κ3) is 5.14.